The summed E-state index contributed by atoms with van der Waals surface area (Å²) in [5, 5.41) is 12.8. The van der Waals surface area contributed by atoms with Crippen molar-refractivity contribution in [3.05, 3.63) is 0 Å². The van der Waals surface area contributed by atoms with Gasteiger partial charge in [-0.3, -0.25) is 0 Å². The van der Waals surface area contributed by atoms with E-state index in [4.69, 9.17) is 4.74 Å². The molecule has 1 fully saturated rings. The number of hydrogen-bond acceptors (Lipinski definition) is 4. The Kier molecular flexibility index (Phi) is 6.94. The summed E-state index contributed by atoms with van der Waals surface area (Å²) in [6.07, 6.45) is 2.58. The summed E-state index contributed by atoms with van der Waals surface area (Å²) in [7, 11) is 0. The SMILES string of the molecule is CC(C)NC(CCO)C1CCCN(C(=O)OC(C)(C)C)C1. The molecule has 1 saturated heterocycles. The van der Waals surface area contributed by atoms with Gasteiger partial charge in [-0.25, -0.2) is 4.79 Å². The van der Waals surface area contributed by atoms with E-state index in [1.54, 1.807) is 0 Å². The molecule has 0 aliphatic carbocycles. The second-order valence-electron chi connectivity index (χ2n) is 7.27. The number of hydrogen-bond donors (Lipinski definition) is 2. The first-order valence-corrected chi connectivity index (χ1v) is 8.07. The molecule has 5 heteroatoms. The van der Waals surface area contributed by atoms with Crippen LogP contribution in [0.1, 0.15) is 53.9 Å². The Morgan fingerprint density at radius 1 is 1.43 bits per heavy atom. The first-order valence-electron chi connectivity index (χ1n) is 8.07. The van der Waals surface area contributed by atoms with E-state index >= 15 is 0 Å². The molecule has 21 heavy (non-hydrogen) atoms. The first-order chi connectivity index (χ1) is 9.73. The van der Waals surface area contributed by atoms with Gasteiger partial charge in [-0.2, -0.15) is 0 Å². The first kappa shape index (κ1) is 18.2. The molecule has 0 aromatic rings. The van der Waals surface area contributed by atoms with E-state index in [0.29, 0.717) is 18.5 Å². The van der Waals surface area contributed by atoms with Gasteiger partial charge in [0.25, 0.3) is 0 Å². The number of nitrogens with one attached hydrogen (secondary N) is 1. The standard InChI is InChI=1S/C16H32N2O3/c1-12(2)17-14(8-10-19)13-7-6-9-18(11-13)15(20)21-16(3,4)5/h12-14,17,19H,6-11H2,1-5H3. The second-order valence-corrected chi connectivity index (χ2v) is 7.27. The summed E-state index contributed by atoms with van der Waals surface area (Å²) in [4.78, 5) is 14.0. The number of piperidine rings is 1. The summed E-state index contributed by atoms with van der Waals surface area (Å²) in [6.45, 7) is 11.5. The van der Waals surface area contributed by atoms with Gasteiger partial charge in [0.05, 0.1) is 0 Å². The Labute approximate surface area is 129 Å². The largest absolute Gasteiger partial charge is 0.444 e. The van der Waals surface area contributed by atoms with Gasteiger partial charge in [-0.1, -0.05) is 13.8 Å². The molecular weight excluding hydrogens is 268 g/mol. The van der Waals surface area contributed by atoms with Crippen LogP contribution in [0.2, 0.25) is 0 Å². The lowest BCUT2D eigenvalue weighted by Gasteiger charge is -2.38. The molecule has 0 spiro atoms. The molecular formula is C16H32N2O3. The van der Waals surface area contributed by atoms with E-state index in [1.165, 1.54) is 0 Å². The zero-order valence-corrected chi connectivity index (χ0v) is 14.2. The highest BCUT2D eigenvalue weighted by molar-refractivity contribution is 5.68. The molecule has 5 nitrogen and oxygen atoms in total. The third-order valence-corrected chi connectivity index (χ3v) is 3.67. The highest BCUT2D eigenvalue weighted by Crippen LogP contribution is 2.23. The fourth-order valence-corrected chi connectivity index (χ4v) is 2.85. The Hall–Kier alpha value is -0.810. The molecule has 1 rings (SSSR count). The molecule has 2 atom stereocenters. The molecule has 0 saturated carbocycles. The number of carbonyl (C=O) groups is 1. The zero-order chi connectivity index (χ0) is 16.0. The molecule has 0 radical (unpaired) electrons. The maximum Gasteiger partial charge on any atom is 0.410 e. The lowest BCUT2D eigenvalue weighted by Crippen LogP contribution is -2.50. The minimum absolute atomic E-state index is 0.174. The summed E-state index contributed by atoms with van der Waals surface area (Å²) in [6, 6.07) is 0.624. The molecule has 124 valence electrons. The summed E-state index contributed by atoms with van der Waals surface area (Å²) in [5.74, 6) is 0.376. The van der Waals surface area contributed by atoms with Crippen LogP contribution < -0.4 is 5.32 Å². The number of aliphatic hydroxyl groups is 1. The Balaban J connectivity index is 2.62. The van der Waals surface area contributed by atoms with Gasteiger partial charge in [0.15, 0.2) is 0 Å². The molecule has 1 amide bonds. The molecule has 0 bridgehead atoms. The summed E-state index contributed by atoms with van der Waals surface area (Å²) < 4.78 is 5.46. The van der Waals surface area contributed by atoms with Crippen molar-refractivity contribution in [1.29, 1.82) is 0 Å². The van der Waals surface area contributed by atoms with Crippen LogP contribution in [0.5, 0.6) is 0 Å². The topological polar surface area (TPSA) is 61.8 Å². The van der Waals surface area contributed by atoms with E-state index in [-0.39, 0.29) is 18.7 Å². The lowest BCUT2D eigenvalue weighted by atomic mass is 9.88. The van der Waals surface area contributed by atoms with E-state index in [2.05, 4.69) is 19.2 Å². The highest BCUT2D eigenvalue weighted by Gasteiger charge is 2.31. The summed E-state index contributed by atoms with van der Waals surface area (Å²) >= 11 is 0. The molecule has 0 aromatic heterocycles. The van der Waals surface area contributed by atoms with Crippen molar-refractivity contribution >= 4 is 6.09 Å². The van der Waals surface area contributed by atoms with Crippen LogP contribution in [0, 0.1) is 5.92 Å². The van der Waals surface area contributed by atoms with Crippen LogP contribution in [0.4, 0.5) is 4.79 Å². The van der Waals surface area contributed by atoms with Crippen molar-refractivity contribution in [2.45, 2.75) is 71.6 Å². The Morgan fingerprint density at radius 2 is 2.10 bits per heavy atom. The van der Waals surface area contributed by atoms with Crippen LogP contribution >= 0.6 is 0 Å². The monoisotopic (exact) mass is 300 g/mol. The van der Waals surface area contributed by atoms with Crippen molar-refractivity contribution in [3.8, 4) is 0 Å². The minimum Gasteiger partial charge on any atom is -0.444 e. The molecule has 0 aromatic carbocycles. The third kappa shape index (κ3) is 6.66. The number of rotatable bonds is 5. The van der Waals surface area contributed by atoms with Crippen molar-refractivity contribution in [3.63, 3.8) is 0 Å². The van der Waals surface area contributed by atoms with Gasteiger partial charge in [0.1, 0.15) is 5.60 Å². The Morgan fingerprint density at radius 3 is 2.62 bits per heavy atom. The fraction of sp³-hybridized carbons (Fsp3) is 0.938. The van der Waals surface area contributed by atoms with Gasteiger partial charge in [0, 0.05) is 31.8 Å². The van der Waals surface area contributed by atoms with Crippen LogP contribution in [-0.2, 0) is 4.74 Å². The smallest absolute Gasteiger partial charge is 0.410 e. The van der Waals surface area contributed by atoms with Gasteiger partial charge >= 0.3 is 6.09 Å². The predicted molar refractivity (Wildman–Crippen MR) is 84.3 cm³/mol. The molecule has 2 N–H and O–H groups in total. The van der Waals surface area contributed by atoms with E-state index in [1.807, 2.05) is 25.7 Å². The Bertz CT molecular complexity index is 326. The fourth-order valence-electron chi connectivity index (χ4n) is 2.85. The second kappa shape index (κ2) is 7.99. The average Bonchev–Trinajstić information content (AvgIpc) is 2.36. The third-order valence-electron chi connectivity index (χ3n) is 3.67. The van der Waals surface area contributed by atoms with E-state index in [0.717, 1.165) is 25.8 Å². The zero-order valence-electron chi connectivity index (χ0n) is 14.2. The molecule has 1 aliphatic rings. The van der Waals surface area contributed by atoms with Crippen LogP contribution in [-0.4, -0.2) is 53.5 Å². The number of aliphatic hydroxyl groups excluding tert-OH is 1. The van der Waals surface area contributed by atoms with E-state index in [9.17, 15) is 9.90 Å². The van der Waals surface area contributed by atoms with Gasteiger partial charge in [-0.05, 0) is 46.0 Å². The number of carbonyl (C=O) groups excluding carboxylic acids is 1. The van der Waals surface area contributed by atoms with Crippen LogP contribution in [0.3, 0.4) is 0 Å². The normalized spacial score (nSPS) is 21.5. The molecule has 1 aliphatic heterocycles. The van der Waals surface area contributed by atoms with Crippen molar-refractivity contribution in [1.82, 2.24) is 10.2 Å². The molecule has 2 unspecified atom stereocenters. The summed E-state index contributed by atoms with van der Waals surface area (Å²) in [5.41, 5.74) is -0.454. The van der Waals surface area contributed by atoms with Crippen molar-refractivity contribution in [2.24, 2.45) is 5.92 Å². The van der Waals surface area contributed by atoms with Gasteiger partial charge in [0.2, 0.25) is 0 Å². The maximum atomic E-state index is 12.2. The average molecular weight is 300 g/mol. The van der Waals surface area contributed by atoms with Crippen molar-refractivity contribution < 1.29 is 14.6 Å². The molecule has 1 heterocycles. The highest BCUT2D eigenvalue weighted by atomic mass is 16.6. The van der Waals surface area contributed by atoms with Crippen LogP contribution in [0.15, 0.2) is 0 Å². The van der Waals surface area contributed by atoms with Crippen molar-refractivity contribution in [2.75, 3.05) is 19.7 Å². The lowest BCUT2D eigenvalue weighted by molar-refractivity contribution is 0.0136. The van der Waals surface area contributed by atoms with Crippen LogP contribution in [0.25, 0.3) is 0 Å². The maximum absolute atomic E-state index is 12.2. The predicted octanol–water partition coefficient (Wildman–Crippen LogP) is 2.38. The number of amides is 1. The number of ether oxygens (including phenoxy) is 1. The minimum atomic E-state index is -0.454. The number of likely N-dealkylation sites (tertiary alicyclic amines) is 1. The van der Waals surface area contributed by atoms with E-state index < -0.39 is 5.60 Å². The number of nitrogens with zero attached hydrogens (tertiary/aromatic N) is 1. The quantitative estimate of drug-likeness (QED) is 0.818. The van der Waals surface area contributed by atoms with Gasteiger partial charge < -0.3 is 20.1 Å². The van der Waals surface area contributed by atoms with Gasteiger partial charge in [-0.15, -0.1) is 0 Å².